The number of hydrogen-bond donors (Lipinski definition) is 2. The molecule has 2 rings (SSSR count). The van der Waals surface area contributed by atoms with E-state index < -0.39 is 28.8 Å². The van der Waals surface area contributed by atoms with Gasteiger partial charge in [-0.2, -0.15) is 5.10 Å². The number of hydrogen-bond acceptors (Lipinski definition) is 2. The summed E-state index contributed by atoms with van der Waals surface area (Å²) >= 11 is 5.10. The van der Waals surface area contributed by atoms with Crippen LogP contribution in [0.1, 0.15) is 19.4 Å². The maximum absolute atomic E-state index is 13.7. The van der Waals surface area contributed by atoms with E-state index in [0.717, 1.165) is 0 Å². The third kappa shape index (κ3) is 4.44. The van der Waals surface area contributed by atoms with E-state index in [9.17, 15) is 17.6 Å². The van der Waals surface area contributed by atoms with Gasteiger partial charge in [0.15, 0.2) is 22.6 Å². The van der Waals surface area contributed by atoms with E-state index >= 15 is 0 Å². The molecule has 1 aromatic carbocycles. The Hall–Kier alpha value is -2.16. The van der Waals surface area contributed by atoms with Gasteiger partial charge in [-0.3, -0.25) is 4.68 Å². The Bertz CT molecular complexity index is 745. The van der Waals surface area contributed by atoms with Crippen LogP contribution in [0.2, 0.25) is 0 Å². The van der Waals surface area contributed by atoms with Gasteiger partial charge in [0, 0.05) is 24.4 Å². The van der Waals surface area contributed by atoms with Gasteiger partial charge in [-0.05, 0) is 18.1 Å². The van der Waals surface area contributed by atoms with Gasteiger partial charge in [0.1, 0.15) is 5.82 Å². The highest BCUT2D eigenvalue weighted by Crippen LogP contribution is 2.20. The van der Waals surface area contributed by atoms with Crippen LogP contribution >= 0.6 is 12.2 Å². The molecule has 0 aliphatic heterocycles. The number of halogens is 4. The first-order valence-electron chi connectivity index (χ1n) is 7.17. The first kappa shape index (κ1) is 18.2. The second kappa shape index (κ2) is 7.61. The van der Waals surface area contributed by atoms with Gasteiger partial charge < -0.3 is 10.6 Å². The molecule has 0 unspecified atom stereocenters. The number of benzene rings is 1. The highest BCUT2D eigenvalue weighted by atomic mass is 32.1. The lowest BCUT2D eigenvalue weighted by atomic mass is 10.2. The molecule has 2 aromatic rings. The van der Waals surface area contributed by atoms with E-state index in [1.54, 1.807) is 0 Å². The lowest BCUT2D eigenvalue weighted by Crippen LogP contribution is -2.31. The van der Waals surface area contributed by atoms with E-state index in [1.165, 1.54) is 17.1 Å². The number of nitrogens with one attached hydrogen (secondary N) is 2. The predicted molar refractivity (Wildman–Crippen MR) is 86.7 cm³/mol. The fraction of sp³-hybridized carbons (Fsp3) is 0.333. The number of nitrogens with zero attached hydrogens (tertiary/aromatic N) is 2. The summed E-state index contributed by atoms with van der Waals surface area (Å²) in [5.74, 6) is -5.61. The molecule has 2 N–H and O–H groups in total. The number of rotatable bonds is 5. The topological polar surface area (TPSA) is 41.9 Å². The summed E-state index contributed by atoms with van der Waals surface area (Å²) in [6.07, 6.45) is 2.85. The zero-order valence-corrected chi connectivity index (χ0v) is 13.9. The number of thiocarbonyl (C=S) groups is 1. The molecule has 0 saturated carbocycles. The Morgan fingerprint density at radius 2 is 1.92 bits per heavy atom. The molecular formula is C15H16F4N4S. The van der Waals surface area contributed by atoms with Gasteiger partial charge in [-0.1, -0.05) is 13.8 Å². The van der Waals surface area contributed by atoms with Crippen molar-refractivity contribution in [2.24, 2.45) is 5.92 Å². The van der Waals surface area contributed by atoms with Crippen molar-refractivity contribution in [3.8, 4) is 0 Å². The Morgan fingerprint density at radius 3 is 2.58 bits per heavy atom. The van der Waals surface area contributed by atoms with Crippen LogP contribution in [-0.2, 0) is 6.54 Å². The zero-order valence-electron chi connectivity index (χ0n) is 13.0. The van der Waals surface area contributed by atoms with Crippen molar-refractivity contribution < 1.29 is 17.6 Å². The van der Waals surface area contributed by atoms with Crippen molar-refractivity contribution in [2.75, 3.05) is 11.9 Å². The average Bonchev–Trinajstić information content (AvgIpc) is 2.94. The maximum Gasteiger partial charge on any atom is 0.194 e. The van der Waals surface area contributed by atoms with E-state index in [1.807, 2.05) is 13.8 Å². The summed E-state index contributed by atoms with van der Waals surface area (Å²) in [5, 5.41) is 10.2. The molecule has 1 aromatic heterocycles. The van der Waals surface area contributed by atoms with Crippen molar-refractivity contribution in [3.05, 3.63) is 47.3 Å². The van der Waals surface area contributed by atoms with Crippen molar-refractivity contribution in [1.82, 2.24) is 15.1 Å². The monoisotopic (exact) mass is 360 g/mol. The molecule has 0 spiro atoms. The standard InChI is InChI=1S/C15H16F4N4S/c1-8(2)4-20-15(24)22-9-5-21-23(6-9)7-10-11(16)3-12(17)14(19)13(10)18/h3,5-6,8H,4,7H2,1-2H3,(H2,20,22,24). The van der Waals surface area contributed by atoms with E-state index in [4.69, 9.17) is 12.2 Å². The molecule has 0 radical (unpaired) electrons. The third-order valence-electron chi connectivity index (χ3n) is 3.09. The number of anilines is 1. The third-order valence-corrected chi connectivity index (χ3v) is 3.34. The molecule has 130 valence electrons. The predicted octanol–water partition coefficient (Wildman–Crippen LogP) is 3.43. The fourth-order valence-corrected chi connectivity index (χ4v) is 2.10. The van der Waals surface area contributed by atoms with Gasteiger partial charge in [0.25, 0.3) is 0 Å². The number of aromatic nitrogens is 2. The van der Waals surface area contributed by atoms with Crippen molar-refractivity contribution in [2.45, 2.75) is 20.4 Å². The van der Waals surface area contributed by atoms with Crippen LogP contribution in [0.3, 0.4) is 0 Å². The van der Waals surface area contributed by atoms with Gasteiger partial charge >= 0.3 is 0 Å². The minimum Gasteiger partial charge on any atom is -0.362 e. The van der Waals surface area contributed by atoms with Crippen LogP contribution in [0.5, 0.6) is 0 Å². The maximum atomic E-state index is 13.7. The Balaban J connectivity index is 2.07. The largest absolute Gasteiger partial charge is 0.362 e. The summed E-state index contributed by atoms with van der Waals surface area (Å²) in [4.78, 5) is 0. The SMILES string of the molecule is CC(C)CNC(=S)Nc1cnn(Cc2c(F)cc(F)c(F)c2F)c1. The Labute approximate surface area is 141 Å². The van der Waals surface area contributed by atoms with Crippen LogP contribution < -0.4 is 10.6 Å². The molecular weight excluding hydrogens is 344 g/mol. The summed E-state index contributed by atoms with van der Waals surface area (Å²) < 4.78 is 54.6. The van der Waals surface area contributed by atoms with Crippen molar-refractivity contribution in [1.29, 1.82) is 0 Å². The van der Waals surface area contributed by atoms with Gasteiger partial charge in [-0.25, -0.2) is 17.6 Å². The fourth-order valence-electron chi connectivity index (χ4n) is 1.90. The molecule has 0 aliphatic rings. The Morgan fingerprint density at radius 1 is 1.21 bits per heavy atom. The van der Waals surface area contributed by atoms with Crippen LogP contribution in [0.4, 0.5) is 23.2 Å². The van der Waals surface area contributed by atoms with Crippen LogP contribution in [-0.4, -0.2) is 21.4 Å². The van der Waals surface area contributed by atoms with Gasteiger partial charge in [-0.15, -0.1) is 0 Å². The van der Waals surface area contributed by atoms with E-state index in [0.29, 0.717) is 29.3 Å². The first-order chi connectivity index (χ1) is 11.3. The van der Waals surface area contributed by atoms with Crippen LogP contribution in [0.15, 0.2) is 18.5 Å². The normalized spacial score (nSPS) is 11.0. The lowest BCUT2D eigenvalue weighted by molar-refractivity contribution is 0.420. The summed E-state index contributed by atoms with van der Waals surface area (Å²) in [6, 6.07) is 0.307. The van der Waals surface area contributed by atoms with Crippen molar-refractivity contribution >= 4 is 23.0 Å². The average molecular weight is 360 g/mol. The quantitative estimate of drug-likeness (QED) is 0.371. The highest BCUT2D eigenvalue weighted by molar-refractivity contribution is 7.80. The molecule has 4 nitrogen and oxygen atoms in total. The molecule has 0 amide bonds. The first-order valence-corrected chi connectivity index (χ1v) is 7.58. The summed E-state index contributed by atoms with van der Waals surface area (Å²) in [7, 11) is 0. The van der Waals surface area contributed by atoms with Gasteiger partial charge in [0.2, 0.25) is 0 Å². The minimum atomic E-state index is -1.71. The highest BCUT2D eigenvalue weighted by Gasteiger charge is 2.19. The molecule has 0 saturated heterocycles. The minimum absolute atomic E-state index is 0.307. The molecule has 0 aliphatic carbocycles. The molecule has 0 bridgehead atoms. The molecule has 9 heteroatoms. The van der Waals surface area contributed by atoms with Crippen LogP contribution in [0.25, 0.3) is 0 Å². The Kier molecular flexibility index (Phi) is 5.76. The van der Waals surface area contributed by atoms with Crippen LogP contribution in [0, 0.1) is 29.2 Å². The van der Waals surface area contributed by atoms with E-state index in [-0.39, 0.29) is 6.54 Å². The zero-order chi connectivity index (χ0) is 17.9. The smallest absolute Gasteiger partial charge is 0.194 e. The summed E-state index contributed by atoms with van der Waals surface area (Å²) in [6.45, 7) is 4.35. The van der Waals surface area contributed by atoms with Crippen molar-refractivity contribution in [3.63, 3.8) is 0 Å². The molecule has 0 fully saturated rings. The summed E-state index contributed by atoms with van der Waals surface area (Å²) in [5.41, 5.74) is -0.108. The second-order valence-corrected chi connectivity index (χ2v) is 6.01. The molecule has 1 heterocycles. The second-order valence-electron chi connectivity index (χ2n) is 5.60. The molecule has 24 heavy (non-hydrogen) atoms. The molecule has 0 atom stereocenters. The lowest BCUT2D eigenvalue weighted by Gasteiger charge is -2.10. The van der Waals surface area contributed by atoms with Gasteiger partial charge in [0.05, 0.1) is 18.4 Å². The van der Waals surface area contributed by atoms with E-state index in [2.05, 4.69) is 15.7 Å².